The maximum atomic E-state index is 13.4. The Hall–Kier alpha value is -4.05. The Labute approximate surface area is 240 Å². The number of aryl methyl sites for hydroxylation is 1. The summed E-state index contributed by atoms with van der Waals surface area (Å²) in [5.41, 5.74) is 3.17. The summed E-state index contributed by atoms with van der Waals surface area (Å²) >= 11 is 0. The highest BCUT2D eigenvalue weighted by Gasteiger charge is 2.72. The number of piperidine rings is 1. The van der Waals surface area contributed by atoms with E-state index in [9.17, 15) is 15.0 Å². The molecule has 0 saturated carbocycles. The zero-order chi connectivity index (χ0) is 28.4. The van der Waals surface area contributed by atoms with Crippen LogP contribution in [-0.4, -0.2) is 69.8 Å². The van der Waals surface area contributed by atoms with Crippen LogP contribution in [0.5, 0.6) is 11.5 Å². The van der Waals surface area contributed by atoms with E-state index < -0.39 is 23.2 Å². The number of benzene rings is 3. The molecular weight excluding hydrogens is 512 g/mol. The number of likely N-dealkylation sites (tertiary alicyclic amines) is 1. The van der Waals surface area contributed by atoms with Gasteiger partial charge in [0.1, 0.15) is 11.7 Å². The van der Waals surface area contributed by atoms with E-state index in [-0.39, 0.29) is 17.7 Å². The fourth-order valence-corrected chi connectivity index (χ4v) is 7.76. The van der Waals surface area contributed by atoms with Gasteiger partial charge in [0.2, 0.25) is 0 Å². The predicted molar refractivity (Wildman–Crippen MR) is 157 cm³/mol. The number of aliphatic hydroxyl groups is 1. The van der Waals surface area contributed by atoms with Gasteiger partial charge in [-0.15, -0.1) is 0 Å². The van der Waals surface area contributed by atoms with E-state index in [1.54, 1.807) is 18.0 Å². The van der Waals surface area contributed by atoms with Crippen LogP contribution in [-0.2, 0) is 23.1 Å². The van der Waals surface area contributed by atoms with E-state index in [2.05, 4.69) is 41.0 Å². The Kier molecular flexibility index (Phi) is 6.01. The highest BCUT2D eigenvalue weighted by Crippen LogP contribution is 2.64. The zero-order valence-corrected chi connectivity index (χ0v) is 23.4. The number of phenolic OH excluding ortho intramolecular Hbond substituents is 1. The SMILES string of the molecule is Cc1cccc(C#CC(=O)N(C)[C@H]2C=C[C@@]3(O)[C@H]4Cc5ccc(O)c6c5[C@@]3(CCN4CCc3ccccc3)[C@H]2O6)c1. The van der Waals surface area contributed by atoms with Crippen LogP contribution < -0.4 is 4.74 Å². The molecule has 41 heavy (non-hydrogen) atoms. The molecule has 2 aliphatic carbocycles. The van der Waals surface area contributed by atoms with Gasteiger partial charge in [-0.2, -0.15) is 0 Å². The Bertz CT molecular complexity index is 1620. The molecule has 0 radical (unpaired) electrons. The van der Waals surface area contributed by atoms with Crippen LogP contribution in [0, 0.1) is 18.8 Å². The molecule has 1 spiro atoms. The monoisotopic (exact) mass is 546 g/mol. The number of phenols is 1. The van der Waals surface area contributed by atoms with Crippen molar-refractivity contribution in [3.8, 4) is 23.3 Å². The minimum atomic E-state index is -1.20. The Balaban J connectivity index is 1.25. The lowest BCUT2D eigenvalue weighted by atomic mass is 9.50. The van der Waals surface area contributed by atoms with Crippen LogP contribution in [0.15, 0.2) is 78.9 Å². The third-order valence-electron chi connectivity index (χ3n) is 9.76. The highest BCUT2D eigenvalue weighted by atomic mass is 16.5. The predicted octanol–water partition coefficient (Wildman–Crippen LogP) is 3.75. The molecule has 2 bridgehead atoms. The van der Waals surface area contributed by atoms with Crippen molar-refractivity contribution < 1.29 is 19.7 Å². The van der Waals surface area contributed by atoms with Crippen LogP contribution in [0.2, 0.25) is 0 Å². The average molecular weight is 547 g/mol. The molecule has 1 saturated heterocycles. The van der Waals surface area contributed by atoms with Gasteiger partial charge in [-0.3, -0.25) is 9.69 Å². The number of carbonyl (C=O) groups is 1. The van der Waals surface area contributed by atoms with Gasteiger partial charge in [-0.1, -0.05) is 66.6 Å². The van der Waals surface area contributed by atoms with Crippen molar-refractivity contribution >= 4 is 5.91 Å². The standard InChI is InChI=1S/C35H34N2O4/c1-23-7-6-10-25(21-23)11-14-30(39)36(2)27-15-17-35(40)29-22-26-12-13-28(38)32-31(26)34(35,33(27)41-32)18-20-37(29)19-16-24-8-4-3-5-9-24/h3-10,12-13,15,17,21,27,29,33,38,40H,16,18-20,22H2,1-2H3/t27-,29+,33-,34-,35+/m0/s1. The lowest BCUT2D eigenvalue weighted by Gasteiger charge is -2.62. The zero-order valence-electron chi connectivity index (χ0n) is 23.4. The lowest BCUT2D eigenvalue weighted by molar-refractivity contribution is -0.153. The summed E-state index contributed by atoms with van der Waals surface area (Å²) < 4.78 is 6.58. The van der Waals surface area contributed by atoms with E-state index in [0.29, 0.717) is 18.6 Å². The normalized spacial score (nSPS) is 28.7. The fraction of sp³-hybridized carbons (Fsp3) is 0.343. The third kappa shape index (κ3) is 3.83. The molecule has 2 aliphatic heterocycles. The van der Waals surface area contributed by atoms with Gasteiger partial charge < -0.3 is 19.8 Å². The summed E-state index contributed by atoms with van der Waals surface area (Å²) in [7, 11) is 1.74. The van der Waals surface area contributed by atoms with Crippen molar-refractivity contribution in [3.63, 3.8) is 0 Å². The first-order valence-electron chi connectivity index (χ1n) is 14.4. The number of ether oxygens (including phenoxy) is 1. The van der Waals surface area contributed by atoms with E-state index in [1.165, 1.54) is 5.56 Å². The van der Waals surface area contributed by atoms with Crippen molar-refractivity contribution in [2.45, 2.75) is 55.4 Å². The molecule has 2 N–H and O–H groups in total. The molecule has 2 heterocycles. The molecule has 3 aromatic rings. The maximum Gasteiger partial charge on any atom is 0.299 e. The van der Waals surface area contributed by atoms with Crippen LogP contribution in [0.4, 0.5) is 0 Å². The first-order chi connectivity index (χ1) is 19.8. The van der Waals surface area contributed by atoms with Gasteiger partial charge in [0, 0.05) is 36.7 Å². The van der Waals surface area contributed by atoms with Crippen LogP contribution >= 0.6 is 0 Å². The Morgan fingerprint density at radius 3 is 2.78 bits per heavy atom. The molecule has 6 heteroatoms. The number of aromatic hydroxyl groups is 1. The first-order valence-corrected chi connectivity index (χ1v) is 14.4. The molecule has 4 aliphatic rings. The molecule has 3 aromatic carbocycles. The summed E-state index contributed by atoms with van der Waals surface area (Å²) in [5, 5.41) is 23.5. The number of hydrogen-bond acceptors (Lipinski definition) is 5. The van der Waals surface area contributed by atoms with E-state index in [0.717, 1.165) is 41.8 Å². The largest absolute Gasteiger partial charge is 0.504 e. The topological polar surface area (TPSA) is 73.2 Å². The van der Waals surface area contributed by atoms with Crippen LogP contribution in [0.1, 0.15) is 34.2 Å². The summed E-state index contributed by atoms with van der Waals surface area (Å²) in [4.78, 5) is 17.4. The number of amides is 1. The number of rotatable bonds is 4. The number of hydrogen-bond donors (Lipinski definition) is 2. The lowest BCUT2D eigenvalue weighted by Crippen LogP contribution is -2.76. The van der Waals surface area contributed by atoms with Crippen molar-refractivity contribution in [2.75, 3.05) is 20.1 Å². The average Bonchev–Trinajstić information content (AvgIpc) is 3.33. The van der Waals surface area contributed by atoms with Crippen molar-refractivity contribution in [2.24, 2.45) is 0 Å². The molecule has 1 fully saturated rings. The maximum absolute atomic E-state index is 13.4. The van der Waals surface area contributed by atoms with Crippen LogP contribution in [0.25, 0.3) is 0 Å². The van der Waals surface area contributed by atoms with Gasteiger partial charge in [0.05, 0.1) is 11.5 Å². The first kappa shape index (κ1) is 25.9. The summed E-state index contributed by atoms with van der Waals surface area (Å²) in [5.74, 6) is 6.01. The summed E-state index contributed by atoms with van der Waals surface area (Å²) in [6, 6.07) is 21.3. The second-order valence-electron chi connectivity index (χ2n) is 11.9. The molecule has 0 aromatic heterocycles. The molecular formula is C35H34N2O4. The molecule has 208 valence electrons. The number of likely N-dealkylation sites (N-methyl/N-ethyl adjacent to an activating group) is 1. The molecule has 1 amide bonds. The van der Waals surface area contributed by atoms with Crippen LogP contribution in [0.3, 0.4) is 0 Å². The van der Waals surface area contributed by atoms with E-state index >= 15 is 0 Å². The molecule has 5 atom stereocenters. The van der Waals surface area contributed by atoms with Gasteiger partial charge in [0.25, 0.3) is 5.91 Å². The van der Waals surface area contributed by atoms with E-state index in [1.807, 2.05) is 55.5 Å². The third-order valence-corrected chi connectivity index (χ3v) is 9.76. The fourth-order valence-electron chi connectivity index (χ4n) is 7.76. The second-order valence-corrected chi connectivity index (χ2v) is 11.9. The molecule has 7 rings (SSSR count). The quantitative estimate of drug-likeness (QED) is 0.385. The molecule has 0 unspecified atom stereocenters. The second kappa shape index (κ2) is 9.51. The molecule has 6 nitrogen and oxygen atoms in total. The highest BCUT2D eigenvalue weighted by molar-refractivity contribution is 5.94. The van der Waals surface area contributed by atoms with Gasteiger partial charge in [-0.05, 0) is 67.6 Å². The number of nitrogens with zero attached hydrogens (tertiary/aromatic N) is 2. The Morgan fingerprint density at radius 2 is 1.98 bits per heavy atom. The minimum Gasteiger partial charge on any atom is -0.504 e. The van der Waals surface area contributed by atoms with Crippen molar-refractivity contribution in [1.82, 2.24) is 9.80 Å². The summed E-state index contributed by atoms with van der Waals surface area (Å²) in [6.45, 7) is 3.62. The Morgan fingerprint density at radius 1 is 1.15 bits per heavy atom. The van der Waals surface area contributed by atoms with Gasteiger partial charge in [0.15, 0.2) is 11.5 Å². The van der Waals surface area contributed by atoms with Gasteiger partial charge in [-0.25, -0.2) is 0 Å². The minimum absolute atomic E-state index is 0.0757. The van der Waals surface area contributed by atoms with Crippen molar-refractivity contribution in [3.05, 3.63) is 107 Å². The summed E-state index contributed by atoms with van der Waals surface area (Å²) in [6.07, 6.45) is 5.50. The number of carbonyl (C=O) groups excluding carboxylic acids is 1. The van der Waals surface area contributed by atoms with Gasteiger partial charge >= 0.3 is 0 Å². The smallest absolute Gasteiger partial charge is 0.299 e. The van der Waals surface area contributed by atoms with Crippen molar-refractivity contribution in [1.29, 1.82) is 0 Å². The van der Waals surface area contributed by atoms with E-state index in [4.69, 9.17) is 4.74 Å².